The zero-order valence-electron chi connectivity index (χ0n) is 13.1. The number of nitrogens with zero attached hydrogens (tertiary/aromatic N) is 3. The van der Waals surface area contributed by atoms with Crippen molar-refractivity contribution in [2.75, 3.05) is 5.32 Å². The summed E-state index contributed by atoms with van der Waals surface area (Å²) in [6.45, 7) is 1.74. The van der Waals surface area contributed by atoms with Crippen LogP contribution in [-0.2, 0) is 0 Å². The fraction of sp³-hybridized carbons (Fsp3) is 0.0588. The second-order valence-electron chi connectivity index (χ2n) is 5.20. The van der Waals surface area contributed by atoms with Crippen LogP contribution in [-0.4, -0.2) is 31.5 Å². The quantitative estimate of drug-likeness (QED) is 0.700. The smallest absolute Gasteiger partial charge is 0.355 e. The molecule has 0 saturated carbocycles. The Bertz CT molecular complexity index is 934. The number of carbonyl (C=O) groups excluding carboxylic acids is 1. The van der Waals surface area contributed by atoms with Crippen molar-refractivity contribution in [2.45, 2.75) is 6.92 Å². The van der Waals surface area contributed by atoms with Crippen LogP contribution in [0.2, 0.25) is 0 Å². The van der Waals surface area contributed by atoms with Crippen molar-refractivity contribution in [2.24, 2.45) is 0 Å². The van der Waals surface area contributed by atoms with Crippen molar-refractivity contribution in [3.63, 3.8) is 0 Å². The molecule has 0 saturated heterocycles. The molecule has 2 aromatic heterocycles. The number of benzene rings is 1. The number of nitrogens with one attached hydrogen (secondary N) is 1. The summed E-state index contributed by atoms with van der Waals surface area (Å²) in [5.74, 6) is -0.985. The summed E-state index contributed by atoms with van der Waals surface area (Å²) in [5.41, 5.74) is 1.04. The number of carboxylic acid groups (broad SMARTS) is 1. The van der Waals surface area contributed by atoms with Gasteiger partial charge < -0.3 is 15.0 Å². The van der Waals surface area contributed by atoms with Crippen LogP contribution in [0.25, 0.3) is 5.69 Å². The first-order valence-electron chi connectivity index (χ1n) is 7.26. The third-order valence-electron chi connectivity index (χ3n) is 3.49. The Hall–Kier alpha value is -3.00. The second-order valence-corrected chi connectivity index (χ2v) is 6.12. The van der Waals surface area contributed by atoms with Crippen LogP contribution in [0, 0.1) is 6.92 Å². The van der Waals surface area contributed by atoms with Crippen molar-refractivity contribution in [3.05, 3.63) is 70.5 Å². The molecular formula is C17H13BrN4O3. The van der Waals surface area contributed by atoms with E-state index in [1.807, 2.05) is 0 Å². The number of anilines is 1. The van der Waals surface area contributed by atoms with Crippen LogP contribution in [0.3, 0.4) is 0 Å². The number of aryl methyl sites for hydroxylation is 1. The van der Waals surface area contributed by atoms with Crippen LogP contribution in [0.15, 0.2) is 53.4 Å². The number of aromatic nitrogens is 3. The predicted octanol–water partition coefficient (Wildman–Crippen LogP) is 3.29. The van der Waals surface area contributed by atoms with Gasteiger partial charge in [-0.2, -0.15) is 0 Å². The van der Waals surface area contributed by atoms with Gasteiger partial charge in [0.2, 0.25) is 0 Å². The maximum atomic E-state index is 12.3. The molecule has 25 heavy (non-hydrogen) atoms. The molecular weight excluding hydrogens is 388 g/mol. The summed E-state index contributed by atoms with van der Waals surface area (Å²) >= 11 is 3.30. The van der Waals surface area contributed by atoms with E-state index in [4.69, 9.17) is 0 Å². The van der Waals surface area contributed by atoms with Gasteiger partial charge >= 0.3 is 5.97 Å². The van der Waals surface area contributed by atoms with E-state index in [1.165, 1.54) is 23.0 Å². The molecule has 1 amide bonds. The lowest BCUT2D eigenvalue weighted by Gasteiger charge is -2.09. The van der Waals surface area contributed by atoms with Gasteiger partial charge in [0, 0.05) is 16.2 Å². The van der Waals surface area contributed by atoms with E-state index in [-0.39, 0.29) is 11.4 Å². The first-order chi connectivity index (χ1) is 12.0. The molecule has 3 aromatic rings. The van der Waals surface area contributed by atoms with E-state index < -0.39 is 11.9 Å². The number of hydrogen-bond donors (Lipinski definition) is 2. The van der Waals surface area contributed by atoms with Crippen molar-refractivity contribution in [3.8, 4) is 5.69 Å². The van der Waals surface area contributed by atoms with Gasteiger partial charge in [-0.15, -0.1) is 0 Å². The van der Waals surface area contributed by atoms with Gasteiger partial charge in [0.15, 0.2) is 5.69 Å². The van der Waals surface area contributed by atoms with Crippen LogP contribution in [0.5, 0.6) is 0 Å². The number of amides is 1. The molecule has 2 heterocycles. The molecule has 0 spiro atoms. The van der Waals surface area contributed by atoms with Crippen LogP contribution in [0.4, 0.5) is 5.69 Å². The van der Waals surface area contributed by atoms with Crippen molar-refractivity contribution < 1.29 is 14.7 Å². The number of carboxylic acids is 1. The maximum absolute atomic E-state index is 12.3. The molecule has 126 valence electrons. The number of halogens is 1. The summed E-state index contributed by atoms with van der Waals surface area (Å²) in [6, 6.07) is 8.29. The number of aromatic carboxylic acids is 1. The first kappa shape index (κ1) is 16.8. The fourth-order valence-electron chi connectivity index (χ4n) is 2.27. The minimum Gasteiger partial charge on any atom is -0.476 e. The summed E-state index contributed by atoms with van der Waals surface area (Å²) in [6.07, 6.45) is 4.60. The largest absolute Gasteiger partial charge is 0.476 e. The van der Waals surface area contributed by atoms with Gasteiger partial charge in [0.1, 0.15) is 5.82 Å². The van der Waals surface area contributed by atoms with E-state index in [0.29, 0.717) is 17.1 Å². The molecule has 0 atom stereocenters. The van der Waals surface area contributed by atoms with Crippen molar-refractivity contribution in [1.29, 1.82) is 0 Å². The Kier molecular flexibility index (Phi) is 4.62. The minimum absolute atomic E-state index is 0.0714. The molecule has 8 heteroatoms. The van der Waals surface area contributed by atoms with Gasteiger partial charge in [-0.05, 0) is 37.3 Å². The Labute approximate surface area is 151 Å². The Morgan fingerprint density at radius 2 is 1.76 bits per heavy atom. The molecule has 3 rings (SSSR count). The molecule has 0 bridgehead atoms. The SMILES string of the molecule is Cc1ncc(-n2ccc(NC(=O)c3ccc(Br)cc3)c2C(=O)O)cn1. The average molecular weight is 401 g/mol. The summed E-state index contributed by atoms with van der Waals surface area (Å²) in [4.78, 5) is 32.2. The third kappa shape index (κ3) is 3.58. The van der Waals surface area contributed by atoms with Crippen molar-refractivity contribution >= 4 is 33.5 Å². The molecule has 0 aliphatic carbocycles. The standard InChI is InChI=1S/C17H13BrN4O3/c1-10-19-8-13(9-20-10)22-7-6-14(15(22)17(24)25)21-16(23)11-2-4-12(18)5-3-11/h2-9H,1H3,(H,21,23)(H,24,25). The lowest BCUT2D eigenvalue weighted by molar-refractivity contribution is 0.0689. The maximum Gasteiger partial charge on any atom is 0.355 e. The predicted molar refractivity (Wildman–Crippen MR) is 95.2 cm³/mol. The van der Waals surface area contributed by atoms with Crippen LogP contribution < -0.4 is 5.32 Å². The Morgan fingerprint density at radius 1 is 1.12 bits per heavy atom. The summed E-state index contributed by atoms with van der Waals surface area (Å²) in [7, 11) is 0. The van der Waals surface area contributed by atoms with Gasteiger partial charge in [-0.1, -0.05) is 15.9 Å². The molecule has 1 aromatic carbocycles. The van der Waals surface area contributed by atoms with Crippen LogP contribution >= 0.6 is 15.9 Å². The zero-order chi connectivity index (χ0) is 18.0. The number of carbonyl (C=O) groups is 2. The molecule has 0 unspecified atom stereocenters. The topological polar surface area (TPSA) is 97.1 Å². The summed E-state index contributed by atoms with van der Waals surface area (Å²) < 4.78 is 2.26. The van der Waals surface area contributed by atoms with Crippen molar-refractivity contribution in [1.82, 2.24) is 14.5 Å². The molecule has 2 N–H and O–H groups in total. The van der Waals surface area contributed by atoms with E-state index >= 15 is 0 Å². The first-order valence-corrected chi connectivity index (χ1v) is 8.05. The highest BCUT2D eigenvalue weighted by Gasteiger charge is 2.20. The second kappa shape index (κ2) is 6.86. The average Bonchev–Trinajstić information content (AvgIpc) is 3.00. The van der Waals surface area contributed by atoms with Gasteiger partial charge in [-0.3, -0.25) is 4.79 Å². The Morgan fingerprint density at radius 3 is 2.36 bits per heavy atom. The van der Waals surface area contributed by atoms with Gasteiger partial charge in [-0.25, -0.2) is 14.8 Å². The van der Waals surface area contributed by atoms with E-state index in [1.54, 1.807) is 37.4 Å². The normalized spacial score (nSPS) is 10.5. The van der Waals surface area contributed by atoms with Gasteiger partial charge in [0.25, 0.3) is 5.91 Å². The van der Waals surface area contributed by atoms with E-state index in [0.717, 1.165) is 4.47 Å². The number of rotatable bonds is 4. The zero-order valence-corrected chi connectivity index (χ0v) is 14.7. The third-order valence-corrected chi connectivity index (χ3v) is 4.02. The molecule has 0 aliphatic rings. The molecule has 0 radical (unpaired) electrons. The monoisotopic (exact) mass is 400 g/mol. The Balaban J connectivity index is 1.94. The highest BCUT2D eigenvalue weighted by atomic mass is 79.9. The molecule has 7 nitrogen and oxygen atoms in total. The lowest BCUT2D eigenvalue weighted by Crippen LogP contribution is -2.15. The number of hydrogen-bond acceptors (Lipinski definition) is 4. The lowest BCUT2D eigenvalue weighted by atomic mass is 10.2. The van der Waals surface area contributed by atoms with E-state index in [2.05, 4.69) is 31.2 Å². The fourth-order valence-corrected chi connectivity index (χ4v) is 2.54. The van der Waals surface area contributed by atoms with E-state index in [9.17, 15) is 14.7 Å². The molecule has 0 fully saturated rings. The van der Waals surface area contributed by atoms with Crippen LogP contribution in [0.1, 0.15) is 26.7 Å². The highest BCUT2D eigenvalue weighted by Crippen LogP contribution is 2.22. The minimum atomic E-state index is -1.17. The molecule has 0 aliphatic heterocycles. The summed E-state index contributed by atoms with van der Waals surface area (Å²) in [5, 5.41) is 12.2. The van der Waals surface area contributed by atoms with Gasteiger partial charge in [0.05, 0.1) is 23.8 Å². The highest BCUT2D eigenvalue weighted by molar-refractivity contribution is 9.10.